The predicted molar refractivity (Wildman–Crippen MR) is 71.8 cm³/mol. The van der Waals surface area contributed by atoms with Gasteiger partial charge in [0.1, 0.15) is 5.82 Å². The van der Waals surface area contributed by atoms with Gasteiger partial charge in [-0.1, -0.05) is 38.8 Å². The molecule has 96 valence electrons. The van der Waals surface area contributed by atoms with Crippen LogP contribution in [0.1, 0.15) is 33.1 Å². The van der Waals surface area contributed by atoms with Crippen molar-refractivity contribution in [2.24, 2.45) is 5.92 Å². The summed E-state index contributed by atoms with van der Waals surface area (Å²) in [7, 11) is 0. The van der Waals surface area contributed by atoms with Gasteiger partial charge in [0.05, 0.1) is 6.10 Å². The summed E-state index contributed by atoms with van der Waals surface area (Å²) in [4.78, 5) is 0.621. The van der Waals surface area contributed by atoms with Crippen LogP contribution in [0.15, 0.2) is 29.2 Å². The topological polar surface area (TPSA) is 20.2 Å². The van der Waals surface area contributed by atoms with Crippen molar-refractivity contribution in [2.75, 3.05) is 5.75 Å². The van der Waals surface area contributed by atoms with Crippen molar-refractivity contribution in [1.29, 1.82) is 0 Å². The van der Waals surface area contributed by atoms with Crippen LogP contribution in [0.5, 0.6) is 0 Å². The molecule has 1 aromatic rings. The average molecular weight is 256 g/mol. The molecule has 0 spiro atoms. The van der Waals surface area contributed by atoms with E-state index in [0.29, 0.717) is 16.6 Å². The van der Waals surface area contributed by atoms with Crippen molar-refractivity contribution < 1.29 is 9.50 Å². The second kappa shape index (κ2) is 7.72. The van der Waals surface area contributed by atoms with E-state index in [0.717, 1.165) is 19.3 Å². The van der Waals surface area contributed by atoms with Crippen molar-refractivity contribution in [1.82, 2.24) is 0 Å². The summed E-state index contributed by atoms with van der Waals surface area (Å²) in [5.74, 6) is 1.05. The largest absolute Gasteiger partial charge is 0.392 e. The van der Waals surface area contributed by atoms with Gasteiger partial charge in [-0.2, -0.15) is 0 Å². The molecule has 1 nitrogen and oxygen atoms in total. The number of benzene rings is 1. The Labute approximate surface area is 107 Å². The Hall–Kier alpha value is -0.540. The zero-order valence-electron chi connectivity index (χ0n) is 10.5. The van der Waals surface area contributed by atoms with E-state index in [1.807, 2.05) is 6.07 Å². The van der Waals surface area contributed by atoms with Crippen molar-refractivity contribution in [3.05, 3.63) is 30.1 Å². The highest BCUT2D eigenvalue weighted by Gasteiger charge is 2.08. The van der Waals surface area contributed by atoms with Crippen LogP contribution in [0.3, 0.4) is 0 Å². The zero-order chi connectivity index (χ0) is 12.7. The van der Waals surface area contributed by atoms with Crippen LogP contribution in [-0.4, -0.2) is 17.0 Å². The molecule has 0 aliphatic heterocycles. The SMILES string of the molecule is CC(C)CCCC(O)CSc1ccccc1F. The molecule has 0 fully saturated rings. The van der Waals surface area contributed by atoms with E-state index in [1.165, 1.54) is 17.8 Å². The normalized spacial score (nSPS) is 13.0. The third-order valence-electron chi connectivity index (χ3n) is 2.59. The maximum Gasteiger partial charge on any atom is 0.136 e. The molecule has 0 saturated heterocycles. The first-order valence-electron chi connectivity index (χ1n) is 6.15. The summed E-state index contributed by atoms with van der Waals surface area (Å²) in [6.07, 6.45) is 2.65. The lowest BCUT2D eigenvalue weighted by molar-refractivity contribution is 0.183. The fourth-order valence-corrected chi connectivity index (χ4v) is 2.51. The van der Waals surface area contributed by atoms with Gasteiger partial charge < -0.3 is 5.11 Å². The smallest absolute Gasteiger partial charge is 0.136 e. The van der Waals surface area contributed by atoms with Crippen molar-refractivity contribution in [3.8, 4) is 0 Å². The molecular formula is C14H21FOS. The molecule has 17 heavy (non-hydrogen) atoms. The highest BCUT2D eigenvalue weighted by molar-refractivity contribution is 7.99. The fourth-order valence-electron chi connectivity index (χ4n) is 1.59. The molecule has 1 N–H and O–H groups in total. The molecule has 0 amide bonds. The lowest BCUT2D eigenvalue weighted by atomic mass is 10.1. The van der Waals surface area contributed by atoms with Crippen LogP contribution in [0.2, 0.25) is 0 Å². The lowest BCUT2D eigenvalue weighted by Gasteiger charge is -2.11. The molecular weight excluding hydrogens is 235 g/mol. The second-order valence-corrected chi connectivity index (χ2v) is 5.78. The van der Waals surface area contributed by atoms with Crippen LogP contribution >= 0.6 is 11.8 Å². The number of halogens is 1. The average Bonchev–Trinajstić information content (AvgIpc) is 2.27. The van der Waals surface area contributed by atoms with Gasteiger partial charge in [0.2, 0.25) is 0 Å². The third-order valence-corrected chi connectivity index (χ3v) is 3.78. The Morgan fingerprint density at radius 2 is 1.94 bits per heavy atom. The van der Waals surface area contributed by atoms with Gasteiger partial charge in [0.15, 0.2) is 0 Å². The molecule has 1 unspecified atom stereocenters. The monoisotopic (exact) mass is 256 g/mol. The molecule has 1 aromatic carbocycles. The molecule has 0 bridgehead atoms. The van der Waals surface area contributed by atoms with Crippen LogP contribution in [0.25, 0.3) is 0 Å². The molecule has 0 aliphatic carbocycles. The Balaban J connectivity index is 2.24. The standard InChI is InChI=1S/C14H21FOS/c1-11(2)6-5-7-12(16)10-17-14-9-4-3-8-13(14)15/h3-4,8-9,11-12,16H,5-7,10H2,1-2H3. The van der Waals surface area contributed by atoms with Gasteiger partial charge in [-0.3, -0.25) is 0 Å². The highest BCUT2D eigenvalue weighted by Crippen LogP contribution is 2.23. The Morgan fingerprint density at radius 3 is 2.59 bits per heavy atom. The first-order valence-corrected chi connectivity index (χ1v) is 7.13. The van der Waals surface area contributed by atoms with Gasteiger partial charge >= 0.3 is 0 Å². The number of hydrogen-bond acceptors (Lipinski definition) is 2. The number of thioether (sulfide) groups is 1. The van der Waals surface area contributed by atoms with E-state index in [1.54, 1.807) is 12.1 Å². The molecule has 1 rings (SSSR count). The molecule has 0 saturated carbocycles. The lowest BCUT2D eigenvalue weighted by Crippen LogP contribution is -2.10. The fraction of sp³-hybridized carbons (Fsp3) is 0.571. The molecule has 0 aromatic heterocycles. The highest BCUT2D eigenvalue weighted by atomic mass is 32.2. The van der Waals surface area contributed by atoms with Gasteiger partial charge in [-0.15, -0.1) is 11.8 Å². The summed E-state index contributed by atoms with van der Waals surface area (Å²) in [6.45, 7) is 4.36. The predicted octanol–water partition coefficient (Wildman–Crippen LogP) is 4.11. The maximum absolute atomic E-state index is 13.3. The first-order chi connectivity index (χ1) is 8.09. The minimum Gasteiger partial charge on any atom is -0.392 e. The summed E-state index contributed by atoms with van der Waals surface area (Å²) >= 11 is 1.39. The quantitative estimate of drug-likeness (QED) is 0.741. The molecule has 0 heterocycles. The second-order valence-electron chi connectivity index (χ2n) is 4.72. The Kier molecular flexibility index (Phi) is 6.60. The number of rotatable bonds is 7. The van der Waals surface area contributed by atoms with Crippen LogP contribution in [0, 0.1) is 11.7 Å². The van der Waals surface area contributed by atoms with E-state index in [-0.39, 0.29) is 11.9 Å². The Morgan fingerprint density at radius 1 is 1.24 bits per heavy atom. The maximum atomic E-state index is 13.3. The third kappa shape index (κ3) is 6.08. The number of aliphatic hydroxyl groups is 1. The summed E-state index contributed by atoms with van der Waals surface area (Å²) in [6, 6.07) is 6.70. The zero-order valence-corrected chi connectivity index (χ0v) is 11.3. The minimum absolute atomic E-state index is 0.202. The first kappa shape index (κ1) is 14.5. The van der Waals surface area contributed by atoms with E-state index in [4.69, 9.17) is 0 Å². The van der Waals surface area contributed by atoms with Crippen LogP contribution in [-0.2, 0) is 0 Å². The molecule has 3 heteroatoms. The summed E-state index contributed by atoms with van der Waals surface area (Å²) in [5, 5.41) is 9.77. The van der Waals surface area contributed by atoms with Gasteiger partial charge in [-0.25, -0.2) is 4.39 Å². The van der Waals surface area contributed by atoms with Gasteiger partial charge in [-0.05, 0) is 24.5 Å². The van der Waals surface area contributed by atoms with Gasteiger partial charge in [0.25, 0.3) is 0 Å². The van der Waals surface area contributed by atoms with E-state index >= 15 is 0 Å². The van der Waals surface area contributed by atoms with Crippen LogP contribution in [0.4, 0.5) is 4.39 Å². The molecule has 0 aliphatic rings. The van der Waals surface area contributed by atoms with Crippen LogP contribution < -0.4 is 0 Å². The summed E-state index contributed by atoms with van der Waals surface area (Å²) in [5.41, 5.74) is 0. The van der Waals surface area contributed by atoms with Crippen molar-refractivity contribution in [3.63, 3.8) is 0 Å². The number of aliphatic hydroxyl groups excluding tert-OH is 1. The number of hydrogen-bond donors (Lipinski definition) is 1. The Bertz CT molecular complexity index is 328. The van der Waals surface area contributed by atoms with Crippen molar-refractivity contribution >= 4 is 11.8 Å². The van der Waals surface area contributed by atoms with E-state index in [2.05, 4.69) is 13.8 Å². The van der Waals surface area contributed by atoms with Crippen molar-refractivity contribution in [2.45, 2.75) is 44.1 Å². The summed E-state index contributed by atoms with van der Waals surface area (Å²) < 4.78 is 13.3. The van der Waals surface area contributed by atoms with Gasteiger partial charge in [0, 0.05) is 10.6 Å². The molecule has 1 atom stereocenters. The molecule has 0 radical (unpaired) electrons. The minimum atomic E-state index is -0.335. The van der Waals surface area contributed by atoms with E-state index in [9.17, 15) is 9.50 Å². The van der Waals surface area contributed by atoms with E-state index < -0.39 is 0 Å².